The molecule has 5 rings (SSSR count). The highest BCUT2D eigenvalue weighted by Crippen LogP contribution is 2.51. The number of hydrogen-bond acceptors (Lipinski definition) is 3. The molecule has 4 aromatic rings. The average molecular weight is 432 g/mol. The van der Waals surface area contributed by atoms with Gasteiger partial charge in [-0.2, -0.15) is 13.2 Å². The van der Waals surface area contributed by atoms with Crippen LogP contribution in [0.2, 0.25) is 0 Å². The van der Waals surface area contributed by atoms with Gasteiger partial charge in [-0.25, -0.2) is 4.39 Å². The molecule has 0 bridgehead atoms. The summed E-state index contributed by atoms with van der Waals surface area (Å²) in [5.41, 5.74) is 2.08. The van der Waals surface area contributed by atoms with Gasteiger partial charge in [0.25, 0.3) is 0 Å². The van der Waals surface area contributed by atoms with Crippen molar-refractivity contribution in [1.29, 1.82) is 0 Å². The largest absolute Gasteiger partial charge is 0.464 e. The number of alkyl halides is 3. The molecule has 2 heterocycles. The molecule has 1 aliphatic rings. The maximum absolute atomic E-state index is 14.6. The third-order valence-electron chi connectivity index (χ3n) is 5.56. The molecule has 0 fully saturated rings. The number of hydrogen-bond donors (Lipinski definition) is 1. The SMILES string of the molecule is Cc1ccc(-c2ccc3c(sc4c(C(F)(F)F)c5c(cc43)CC(O)O5)c2C)c(F)c1. The first-order chi connectivity index (χ1) is 14.1. The topological polar surface area (TPSA) is 29.5 Å². The molecule has 7 heteroatoms. The molecule has 1 aromatic heterocycles. The van der Waals surface area contributed by atoms with Crippen LogP contribution in [0.15, 0.2) is 36.4 Å². The molecule has 1 unspecified atom stereocenters. The summed E-state index contributed by atoms with van der Waals surface area (Å²) in [6, 6.07) is 10.1. The quantitative estimate of drug-likeness (QED) is 0.337. The Kier molecular flexibility index (Phi) is 4.14. The fourth-order valence-electron chi connectivity index (χ4n) is 4.19. The average Bonchev–Trinajstić information content (AvgIpc) is 3.19. The molecule has 154 valence electrons. The molecule has 0 saturated heterocycles. The van der Waals surface area contributed by atoms with Crippen molar-refractivity contribution >= 4 is 31.5 Å². The summed E-state index contributed by atoms with van der Waals surface area (Å²) >= 11 is 1.02. The monoisotopic (exact) mass is 432 g/mol. The third-order valence-corrected chi connectivity index (χ3v) is 6.91. The van der Waals surface area contributed by atoms with Gasteiger partial charge in [0.05, 0.1) is 4.70 Å². The van der Waals surface area contributed by atoms with Crippen molar-refractivity contribution in [2.45, 2.75) is 32.7 Å². The van der Waals surface area contributed by atoms with E-state index in [9.17, 15) is 22.7 Å². The van der Waals surface area contributed by atoms with E-state index in [-0.39, 0.29) is 22.7 Å². The number of halogens is 4. The predicted molar refractivity (Wildman–Crippen MR) is 110 cm³/mol. The Morgan fingerprint density at radius 1 is 1.00 bits per heavy atom. The minimum absolute atomic E-state index is 0.0112. The first-order valence-electron chi connectivity index (χ1n) is 9.35. The Labute approximate surface area is 173 Å². The third kappa shape index (κ3) is 2.80. The number of aryl methyl sites for hydroxylation is 2. The minimum Gasteiger partial charge on any atom is -0.464 e. The number of thiophene rings is 1. The van der Waals surface area contributed by atoms with E-state index in [4.69, 9.17) is 4.74 Å². The van der Waals surface area contributed by atoms with Gasteiger partial charge in [0.2, 0.25) is 6.29 Å². The lowest BCUT2D eigenvalue weighted by Crippen LogP contribution is -2.12. The number of rotatable bonds is 1. The lowest BCUT2D eigenvalue weighted by atomic mass is 9.96. The highest BCUT2D eigenvalue weighted by Gasteiger charge is 2.41. The summed E-state index contributed by atoms with van der Waals surface area (Å²) in [5.74, 6) is -0.660. The van der Waals surface area contributed by atoms with Crippen LogP contribution in [0.3, 0.4) is 0 Å². The van der Waals surface area contributed by atoms with Crippen LogP contribution in [-0.4, -0.2) is 11.4 Å². The Hall–Kier alpha value is -2.64. The molecule has 0 amide bonds. The van der Waals surface area contributed by atoms with Crippen LogP contribution in [0.25, 0.3) is 31.3 Å². The van der Waals surface area contributed by atoms with E-state index in [1.807, 2.05) is 6.07 Å². The van der Waals surface area contributed by atoms with Crippen LogP contribution in [0.4, 0.5) is 17.6 Å². The number of aliphatic hydroxyl groups is 1. The van der Waals surface area contributed by atoms with Gasteiger partial charge in [-0.1, -0.05) is 24.3 Å². The van der Waals surface area contributed by atoms with E-state index >= 15 is 0 Å². The normalized spacial score (nSPS) is 16.3. The minimum atomic E-state index is -4.63. The Bertz CT molecular complexity index is 1340. The van der Waals surface area contributed by atoms with E-state index < -0.39 is 18.0 Å². The van der Waals surface area contributed by atoms with E-state index in [0.29, 0.717) is 32.2 Å². The van der Waals surface area contributed by atoms with Crippen molar-refractivity contribution in [1.82, 2.24) is 0 Å². The van der Waals surface area contributed by atoms with E-state index in [1.165, 1.54) is 6.07 Å². The summed E-state index contributed by atoms with van der Waals surface area (Å²) in [5, 5.41) is 10.9. The smallest absolute Gasteiger partial charge is 0.421 e. The van der Waals surface area contributed by atoms with Crippen LogP contribution >= 0.6 is 11.3 Å². The second kappa shape index (κ2) is 6.43. The highest BCUT2D eigenvalue weighted by molar-refractivity contribution is 7.26. The number of ether oxygens (including phenoxy) is 1. The van der Waals surface area contributed by atoms with E-state index in [0.717, 1.165) is 22.5 Å². The molecule has 1 N–H and O–H groups in total. The zero-order valence-electron chi connectivity index (χ0n) is 16.0. The lowest BCUT2D eigenvalue weighted by molar-refractivity contribution is -0.138. The number of aliphatic hydroxyl groups excluding tert-OH is 1. The molecule has 1 aliphatic heterocycles. The van der Waals surface area contributed by atoms with Crippen molar-refractivity contribution in [3.05, 3.63) is 64.5 Å². The van der Waals surface area contributed by atoms with E-state index in [1.54, 1.807) is 38.1 Å². The lowest BCUT2D eigenvalue weighted by Gasteiger charge is -2.13. The highest BCUT2D eigenvalue weighted by atomic mass is 32.1. The van der Waals surface area contributed by atoms with Crippen molar-refractivity contribution in [2.75, 3.05) is 0 Å². The Morgan fingerprint density at radius 3 is 2.43 bits per heavy atom. The van der Waals surface area contributed by atoms with Gasteiger partial charge in [-0.05, 0) is 42.7 Å². The molecule has 0 saturated carbocycles. The molecule has 0 radical (unpaired) electrons. The molecule has 30 heavy (non-hydrogen) atoms. The predicted octanol–water partition coefficient (Wildman–Crippen LogP) is 6.75. The Morgan fingerprint density at radius 2 is 1.73 bits per heavy atom. The van der Waals surface area contributed by atoms with Crippen LogP contribution in [0.5, 0.6) is 5.75 Å². The van der Waals surface area contributed by atoms with Gasteiger partial charge < -0.3 is 9.84 Å². The standard InChI is InChI=1S/C23H16F4O2S/c1-10-3-4-14(17(24)7-10)13-5-6-15-16-8-12-9-18(28)29-20(12)19(23(25,26)27)22(16)30-21(15)11(13)2/h3-8,18,28H,9H2,1-2H3. The van der Waals surface area contributed by atoms with Crippen LogP contribution < -0.4 is 4.74 Å². The van der Waals surface area contributed by atoms with Gasteiger partial charge in [0.15, 0.2) is 0 Å². The number of benzene rings is 3. The maximum Gasteiger partial charge on any atom is 0.421 e. The van der Waals surface area contributed by atoms with Crippen molar-refractivity contribution in [2.24, 2.45) is 0 Å². The molecule has 3 aromatic carbocycles. The second-order valence-corrected chi connectivity index (χ2v) is 8.61. The van der Waals surface area contributed by atoms with Gasteiger partial charge in [-0.3, -0.25) is 0 Å². The summed E-state index contributed by atoms with van der Waals surface area (Å²) < 4.78 is 62.3. The van der Waals surface area contributed by atoms with E-state index in [2.05, 4.69) is 0 Å². The van der Waals surface area contributed by atoms with Crippen LogP contribution in [-0.2, 0) is 12.6 Å². The summed E-state index contributed by atoms with van der Waals surface area (Å²) in [7, 11) is 0. The Balaban J connectivity index is 1.83. The van der Waals surface area contributed by atoms with Gasteiger partial charge in [0, 0.05) is 33.0 Å². The fourth-order valence-corrected chi connectivity index (χ4v) is 5.53. The summed E-state index contributed by atoms with van der Waals surface area (Å²) in [4.78, 5) is 0. The van der Waals surface area contributed by atoms with Crippen LogP contribution in [0, 0.1) is 19.7 Å². The van der Waals surface area contributed by atoms with Gasteiger partial charge in [-0.15, -0.1) is 11.3 Å². The maximum atomic E-state index is 14.6. The zero-order valence-corrected chi connectivity index (χ0v) is 16.8. The first-order valence-corrected chi connectivity index (χ1v) is 10.2. The molecule has 0 aliphatic carbocycles. The first kappa shape index (κ1) is 19.3. The fraction of sp³-hybridized carbons (Fsp3) is 0.217. The molecule has 1 atom stereocenters. The van der Waals surface area contributed by atoms with Crippen molar-refractivity contribution in [3.63, 3.8) is 0 Å². The molecular weight excluding hydrogens is 416 g/mol. The van der Waals surface area contributed by atoms with Crippen molar-refractivity contribution in [3.8, 4) is 16.9 Å². The number of fused-ring (bicyclic) bond motifs is 4. The van der Waals surface area contributed by atoms with Gasteiger partial charge in [0.1, 0.15) is 17.1 Å². The van der Waals surface area contributed by atoms with Crippen molar-refractivity contribution < 1.29 is 27.4 Å². The molecular formula is C23H16F4O2S. The molecule has 2 nitrogen and oxygen atoms in total. The van der Waals surface area contributed by atoms with Gasteiger partial charge >= 0.3 is 6.18 Å². The second-order valence-electron chi connectivity index (χ2n) is 7.59. The summed E-state index contributed by atoms with van der Waals surface area (Å²) in [6.07, 6.45) is -5.90. The molecule has 0 spiro atoms. The zero-order chi connectivity index (χ0) is 21.4. The summed E-state index contributed by atoms with van der Waals surface area (Å²) in [6.45, 7) is 3.60. The van der Waals surface area contributed by atoms with Crippen LogP contribution in [0.1, 0.15) is 22.3 Å².